The van der Waals surface area contributed by atoms with Gasteiger partial charge >= 0.3 is 5.69 Å². The molecule has 0 spiro atoms. The van der Waals surface area contributed by atoms with Gasteiger partial charge in [0.2, 0.25) is 5.75 Å². The molecule has 2 aromatic carbocycles. The Kier molecular flexibility index (Phi) is 7.23. The molecule has 0 bridgehead atoms. The highest BCUT2D eigenvalue weighted by atomic mass is 16.5. The number of hydrogen-bond donors (Lipinski definition) is 1. The molecule has 0 amide bonds. The molecule has 0 atom stereocenters. The summed E-state index contributed by atoms with van der Waals surface area (Å²) >= 11 is 0. The summed E-state index contributed by atoms with van der Waals surface area (Å²) in [7, 11) is 4.73. The van der Waals surface area contributed by atoms with E-state index >= 15 is 0 Å². The molecule has 182 valence electrons. The van der Waals surface area contributed by atoms with Gasteiger partial charge in [0, 0.05) is 25.2 Å². The van der Waals surface area contributed by atoms with Crippen LogP contribution < -0.4 is 19.9 Å². The van der Waals surface area contributed by atoms with Crippen LogP contribution in [0.2, 0.25) is 0 Å². The zero-order valence-electron chi connectivity index (χ0n) is 20.4. The fourth-order valence-electron chi connectivity index (χ4n) is 4.32. The first kappa shape index (κ1) is 23.8. The van der Waals surface area contributed by atoms with Gasteiger partial charge in [0.15, 0.2) is 17.3 Å². The molecule has 0 saturated carbocycles. The summed E-state index contributed by atoms with van der Waals surface area (Å²) in [6.45, 7) is 8.35. The summed E-state index contributed by atoms with van der Waals surface area (Å²) in [6.07, 6.45) is 0. The van der Waals surface area contributed by atoms with Crippen molar-refractivity contribution < 1.29 is 18.9 Å². The molecule has 0 unspecified atom stereocenters. The number of nitrogens with zero attached hydrogens (tertiary/aromatic N) is 3. The quantitative estimate of drug-likeness (QED) is 0.543. The number of methoxy groups -OCH3 is 3. The molecule has 0 radical (unpaired) electrons. The van der Waals surface area contributed by atoms with E-state index in [0.717, 1.165) is 38.4 Å². The van der Waals surface area contributed by atoms with Crippen molar-refractivity contribution in [2.24, 2.45) is 0 Å². The van der Waals surface area contributed by atoms with Crippen molar-refractivity contribution in [3.63, 3.8) is 0 Å². The molecule has 4 rings (SSSR count). The fraction of sp³-hybridized carbons (Fsp3) is 0.440. The number of rotatable bonds is 8. The smallest absolute Gasteiger partial charge is 0.348 e. The van der Waals surface area contributed by atoms with Crippen molar-refractivity contribution in [1.29, 1.82) is 0 Å². The maximum absolute atomic E-state index is 12.8. The second kappa shape index (κ2) is 10.3. The summed E-state index contributed by atoms with van der Waals surface area (Å²) in [5, 5.41) is 6.93. The third-order valence-electron chi connectivity index (χ3n) is 6.07. The molecular formula is C25H32N4O5. The molecule has 9 heteroatoms. The maximum Gasteiger partial charge on any atom is 0.348 e. The van der Waals surface area contributed by atoms with E-state index < -0.39 is 0 Å². The molecule has 9 nitrogen and oxygen atoms in total. The van der Waals surface area contributed by atoms with E-state index in [1.165, 1.54) is 5.56 Å². The van der Waals surface area contributed by atoms with E-state index in [4.69, 9.17) is 18.9 Å². The van der Waals surface area contributed by atoms with Gasteiger partial charge in [0.25, 0.3) is 0 Å². The van der Waals surface area contributed by atoms with Crippen molar-refractivity contribution in [2.45, 2.75) is 26.3 Å². The fourth-order valence-corrected chi connectivity index (χ4v) is 4.32. The van der Waals surface area contributed by atoms with E-state index in [0.29, 0.717) is 34.3 Å². The van der Waals surface area contributed by atoms with Crippen LogP contribution in [0.5, 0.6) is 17.2 Å². The minimum atomic E-state index is -0.334. The number of nitrogens with one attached hydrogen (secondary N) is 1. The number of aromatic amines is 1. The molecule has 0 aliphatic carbocycles. The lowest BCUT2D eigenvalue weighted by Crippen LogP contribution is -2.35. The Bertz CT molecular complexity index is 1180. The number of aromatic nitrogens is 3. The van der Waals surface area contributed by atoms with Gasteiger partial charge in [0.05, 0.1) is 45.8 Å². The second-order valence-corrected chi connectivity index (χ2v) is 8.51. The van der Waals surface area contributed by atoms with Gasteiger partial charge in [-0.25, -0.2) is 14.5 Å². The lowest BCUT2D eigenvalue weighted by Gasteiger charge is -2.26. The second-order valence-electron chi connectivity index (χ2n) is 8.51. The van der Waals surface area contributed by atoms with Crippen LogP contribution in [0.3, 0.4) is 0 Å². The Balaban J connectivity index is 1.77. The molecule has 1 fully saturated rings. The van der Waals surface area contributed by atoms with Gasteiger partial charge in [-0.1, -0.05) is 26.0 Å². The van der Waals surface area contributed by atoms with E-state index in [9.17, 15) is 4.79 Å². The van der Waals surface area contributed by atoms with Crippen molar-refractivity contribution in [3.05, 3.63) is 51.9 Å². The van der Waals surface area contributed by atoms with Crippen LogP contribution in [-0.4, -0.2) is 67.3 Å². The molecule has 1 N–H and O–H groups in total. The van der Waals surface area contributed by atoms with Crippen LogP contribution >= 0.6 is 0 Å². The van der Waals surface area contributed by atoms with Gasteiger partial charge in [-0.3, -0.25) is 4.90 Å². The van der Waals surface area contributed by atoms with Crippen LogP contribution in [0, 0.1) is 0 Å². The average molecular weight is 469 g/mol. The summed E-state index contributed by atoms with van der Waals surface area (Å²) in [4.78, 5) is 15.2. The van der Waals surface area contributed by atoms with Crippen LogP contribution in [0.4, 0.5) is 0 Å². The number of ether oxygens (including phenoxy) is 4. The Morgan fingerprint density at radius 1 is 1.00 bits per heavy atom. The third kappa shape index (κ3) is 4.53. The Hall–Kier alpha value is -3.30. The first-order valence-electron chi connectivity index (χ1n) is 11.4. The number of H-pyrrole nitrogens is 1. The number of hydrogen-bond acceptors (Lipinski definition) is 7. The highest BCUT2D eigenvalue weighted by molar-refractivity contribution is 5.75. The van der Waals surface area contributed by atoms with E-state index in [2.05, 4.69) is 28.9 Å². The molecule has 1 aliphatic heterocycles. The summed E-state index contributed by atoms with van der Waals surface area (Å²) in [5.74, 6) is 2.11. The molecule has 1 aromatic heterocycles. The van der Waals surface area contributed by atoms with Gasteiger partial charge in [-0.15, -0.1) is 0 Å². The SMILES string of the molecule is COc1c(-c2n[nH]c(=O)n2-c2ccc(CN3CCOCC3)cc2)cc(C(C)C)c(OC)c1OC. The first-order valence-corrected chi connectivity index (χ1v) is 11.4. The largest absolute Gasteiger partial charge is 0.492 e. The predicted molar refractivity (Wildman–Crippen MR) is 129 cm³/mol. The average Bonchev–Trinajstić information content (AvgIpc) is 3.24. The van der Waals surface area contributed by atoms with Crippen molar-refractivity contribution in [1.82, 2.24) is 19.7 Å². The normalized spacial score (nSPS) is 14.4. The van der Waals surface area contributed by atoms with Gasteiger partial charge < -0.3 is 18.9 Å². The van der Waals surface area contributed by atoms with E-state index in [-0.39, 0.29) is 11.6 Å². The van der Waals surface area contributed by atoms with Gasteiger partial charge in [-0.05, 0) is 29.7 Å². The molecular weight excluding hydrogens is 436 g/mol. The molecule has 34 heavy (non-hydrogen) atoms. The molecule has 1 saturated heterocycles. The van der Waals surface area contributed by atoms with Crippen LogP contribution in [0.1, 0.15) is 30.9 Å². The van der Waals surface area contributed by atoms with Gasteiger partial charge in [-0.2, -0.15) is 5.10 Å². The monoisotopic (exact) mass is 468 g/mol. The van der Waals surface area contributed by atoms with E-state index in [1.807, 2.05) is 30.3 Å². The van der Waals surface area contributed by atoms with Crippen molar-refractivity contribution in [3.8, 4) is 34.3 Å². The van der Waals surface area contributed by atoms with Crippen LogP contribution in [0.25, 0.3) is 17.1 Å². The van der Waals surface area contributed by atoms with Gasteiger partial charge in [0.1, 0.15) is 0 Å². The Morgan fingerprint density at radius 2 is 1.65 bits per heavy atom. The third-order valence-corrected chi connectivity index (χ3v) is 6.07. The number of morpholine rings is 1. The predicted octanol–water partition coefficient (Wildman–Crippen LogP) is 3.21. The maximum atomic E-state index is 12.8. The van der Waals surface area contributed by atoms with E-state index in [1.54, 1.807) is 25.9 Å². The number of benzene rings is 2. The lowest BCUT2D eigenvalue weighted by atomic mass is 9.97. The lowest BCUT2D eigenvalue weighted by molar-refractivity contribution is 0.0342. The molecule has 1 aliphatic rings. The van der Waals surface area contributed by atoms with Crippen molar-refractivity contribution >= 4 is 0 Å². The summed E-state index contributed by atoms with van der Waals surface area (Å²) in [5.41, 5.74) is 3.12. The molecule has 2 heterocycles. The standard InChI is InChI=1S/C25H32N4O5/c1-16(2)19-14-20(22(32-4)23(33-5)21(19)31-3)24-26-27-25(30)29(24)18-8-6-17(7-9-18)15-28-10-12-34-13-11-28/h6-9,14,16H,10-13,15H2,1-5H3,(H,27,30). The Morgan fingerprint density at radius 3 is 2.24 bits per heavy atom. The first-order chi connectivity index (χ1) is 16.5. The summed E-state index contributed by atoms with van der Waals surface area (Å²) in [6, 6.07) is 9.90. The Labute approximate surface area is 199 Å². The van der Waals surface area contributed by atoms with Crippen LogP contribution in [0.15, 0.2) is 35.1 Å². The molecule has 3 aromatic rings. The zero-order chi connectivity index (χ0) is 24.2. The zero-order valence-corrected chi connectivity index (χ0v) is 20.4. The minimum Gasteiger partial charge on any atom is -0.492 e. The van der Waals surface area contributed by atoms with Crippen molar-refractivity contribution in [2.75, 3.05) is 47.6 Å². The minimum absolute atomic E-state index is 0.145. The topological polar surface area (TPSA) is 90.8 Å². The highest BCUT2D eigenvalue weighted by Crippen LogP contribution is 2.48. The highest BCUT2D eigenvalue weighted by Gasteiger charge is 2.26. The summed E-state index contributed by atoms with van der Waals surface area (Å²) < 4.78 is 24.0. The van der Waals surface area contributed by atoms with Crippen LogP contribution in [-0.2, 0) is 11.3 Å².